The molecule has 0 heterocycles. The number of nitrogens with one attached hydrogen (secondary N) is 2. The molecule has 0 fully saturated rings. The summed E-state index contributed by atoms with van der Waals surface area (Å²) >= 11 is 0. The maximum Gasteiger partial charge on any atom is 0.255 e. The standard InChI is InChI=1S/C76H144N2O3/c1-4-7-10-13-16-18-20-22-24-26-28-30-32-34-36-38-40-42-44-46-48-50-52-54-56-58-60-63-68-77-75(79)72-66-67-73(74(71-72)81-70-65-62-15-12-9-6-3)76(80)78-69-64-61-59-57-55-53-51-49-47-45-43-41-39-37-35-33-31-29-27-25-23-21-19-17-14-11-8-5-2/h66-67,71H,4-65,68-70H2,1-3H3,(H,77,79)(H,78,80). The largest absolute Gasteiger partial charge is 0.493 e. The molecule has 0 bridgehead atoms. The minimum atomic E-state index is -0.0965. The van der Waals surface area contributed by atoms with Gasteiger partial charge < -0.3 is 15.4 Å². The molecule has 0 aliphatic rings. The predicted molar refractivity (Wildman–Crippen MR) is 360 cm³/mol. The number of unbranched alkanes of at least 4 members (excludes halogenated alkanes) is 59. The SMILES string of the molecule is CCCCCCCCCCCCCCCCCCCCCCCCCCCCCCNC(=O)c1ccc(C(=O)NCCCCCCCCCCCCCCCCCCCCCCCCCCCCCC)c(OCCCCCCCC)c1. The minimum Gasteiger partial charge on any atom is -0.493 e. The van der Waals surface area contributed by atoms with Gasteiger partial charge in [-0.2, -0.15) is 0 Å². The first-order chi connectivity index (χ1) is 40.1. The maximum atomic E-state index is 13.4. The molecule has 5 nitrogen and oxygen atoms in total. The van der Waals surface area contributed by atoms with Crippen molar-refractivity contribution in [3.63, 3.8) is 0 Å². The molecule has 2 amide bonds. The summed E-state index contributed by atoms with van der Waals surface area (Å²) < 4.78 is 6.25. The van der Waals surface area contributed by atoms with E-state index in [-0.39, 0.29) is 11.8 Å². The summed E-state index contributed by atoms with van der Waals surface area (Å²) in [6.45, 7) is 8.79. The third kappa shape index (κ3) is 55.6. The monoisotopic (exact) mass is 1130 g/mol. The first kappa shape index (κ1) is 77.0. The average molecular weight is 1130 g/mol. The van der Waals surface area contributed by atoms with Gasteiger partial charge in [-0.1, -0.05) is 400 Å². The fourth-order valence-electron chi connectivity index (χ4n) is 12.2. The zero-order valence-corrected chi connectivity index (χ0v) is 55.4. The van der Waals surface area contributed by atoms with E-state index >= 15 is 0 Å². The molecule has 2 N–H and O–H groups in total. The van der Waals surface area contributed by atoms with E-state index in [0.717, 1.165) is 38.5 Å². The highest BCUT2D eigenvalue weighted by Crippen LogP contribution is 2.23. The first-order valence-corrected chi connectivity index (χ1v) is 37.5. The Morgan fingerprint density at radius 3 is 0.728 bits per heavy atom. The molecule has 0 aliphatic carbocycles. The van der Waals surface area contributed by atoms with Crippen molar-refractivity contribution in [1.82, 2.24) is 10.6 Å². The Bertz CT molecular complexity index is 1410. The topological polar surface area (TPSA) is 67.4 Å². The number of hydrogen-bond acceptors (Lipinski definition) is 3. The number of rotatable bonds is 68. The van der Waals surface area contributed by atoms with Crippen molar-refractivity contribution in [2.24, 2.45) is 0 Å². The lowest BCUT2D eigenvalue weighted by molar-refractivity contribution is 0.0937. The van der Waals surface area contributed by atoms with E-state index in [2.05, 4.69) is 31.4 Å². The van der Waals surface area contributed by atoms with Gasteiger partial charge in [-0.05, 0) is 37.5 Å². The number of amides is 2. The van der Waals surface area contributed by atoms with E-state index in [9.17, 15) is 9.59 Å². The van der Waals surface area contributed by atoms with Gasteiger partial charge in [0, 0.05) is 18.7 Å². The van der Waals surface area contributed by atoms with Crippen molar-refractivity contribution >= 4 is 11.8 Å². The molecular weight excluding hydrogens is 989 g/mol. The summed E-state index contributed by atoms with van der Waals surface area (Å²) in [4.78, 5) is 26.7. The van der Waals surface area contributed by atoms with Gasteiger partial charge in [0.05, 0.1) is 12.2 Å². The van der Waals surface area contributed by atoms with E-state index in [0.29, 0.717) is 36.6 Å². The van der Waals surface area contributed by atoms with Crippen molar-refractivity contribution in [2.45, 2.75) is 419 Å². The van der Waals surface area contributed by atoms with Crippen molar-refractivity contribution in [3.8, 4) is 5.75 Å². The Labute approximate surface area is 508 Å². The second kappa shape index (κ2) is 65.5. The van der Waals surface area contributed by atoms with Crippen molar-refractivity contribution in [3.05, 3.63) is 29.3 Å². The lowest BCUT2D eigenvalue weighted by Crippen LogP contribution is -2.26. The summed E-state index contributed by atoms with van der Waals surface area (Å²) in [5.41, 5.74) is 1.11. The molecule has 1 aromatic carbocycles. The Hall–Kier alpha value is -2.04. The van der Waals surface area contributed by atoms with E-state index in [1.807, 2.05) is 0 Å². The smallest absolute Gasteiger partial charge is 0.255 e. The molecule has 81 heavy (non-hydrogen) atoms. The van der Waals surface area contributed by atoms with Crippen LogP contribution < -0.4 is 15.4 Å². The van der Waals surface area contributed by atoms with Crippen LogP contribution in [0.4, 0.5) is 0 Å². The molecule has 0 radical (unpaired) electrons. The van der Waals surface area contributed by atoms with Gasteiger partial charge in [-0.25, -0.2) is 0 Å². The Morgan fingerprint density at radius 1 is 0.272 bits per heavy atom. The van der Waals surface area contributed by atoms with Crippen LogP contribution in [0.5, 0.6) is 5.75 Å². The van der Waals surface area contributed by atoms with Gasteiger partial charge in [0.1, 0.15) is 5.75 Å². The lowest BCUT2D eigenvalue weighted by atomic mass is 10.0. The summed E-state index contributed by atoms with van der Waals surface area (Å²) in [6, 6.07) is 5.39. The third-order valence-corrected chi connectivity index (χ3v) is 17.9. The molecule has 0 spiro atoms. The van der Waals surface area contributed by atoms with Crippen LogP contribution in [0.3, 0.4) is 0 Å². The molecule has 0 aromatic heterocycles. The van der Waals surface area contributed by atoms with Gasteiger partial charge in [-0.3, -0.25) is 9.59 Å². The number of hydrogen-bond donors (Lipinski definition) is 2. The normalized spacial score (nSPS) is 11.5. The third-order valence-electron chi connectivity index (χ3n) is 17.9. The fourth-order valence-corrected chi connectivity index (χ4v) is 12.2. The van der Waals surface area contributed by atoms with Gasteiger partial charge in [0.15, 0.2) is 0 Å². The number of carbonyl (C=O) groups excluding carboxylic acids is 2. The summed E-state index contributed by atoms with van der Waals surface area (Å²) in [7, 11) is 0. The predicted octanol–water partition coefficient (Wildman–Crippen LogP) is 25.8. The fraction of sp³-hybridized carbons (Fsp3) is 0.895. The Morgan fingerprint density at radius 2 is 0.481 bits per heavy atom. The minimum absolute atomic E-state index is 0.0766. The highest BCUT2D eigenvalue weighted by molar-refractivity contribution is 6.00. The highest BCUT2D eigenvalue weighted by Gasteiger charge is 2.16. The summed E-state index contributed by atoms with van der Waals surface area (Å²) in [5, 5.41) is 6.31. The number of benzene rings is 1. The molecular formula is C76H144N2O3. The second-order valence-corrected chi connectivity index (χ2v) is 25.9. The molecule has 0 saturated heterocycles. The van der Waals surface area contributed by atoms with Crippen LogP contribution in [0, 0.1) is 0 Å². The zero-order chi connectivity index (χ0) is 58.1. The van der Waals surface area contributed by atoms with Gasteiger partial charge in [0.2, 0.25) is 0 Å². The lowest BCUT2D eigenvalue weighted by Gasteiger charge is -2.14. The van der Waals surface area contributed by atoms with E-state index in [4.69, 9.17) is 4.74 Å². The van der Waals surface area contributed by atoms with Crippen LogP contribution >= 0.6 is 0 Å². The molecule has 1 rings (SSSR count). The van der Waals surface area contributed by atoms with Crippen LogP contribution in [0.1, 0.15) is 440 Å². The molecule has 0 aliphatic heterocycles. The summed E-state index contributed by atoms with van der Waals surface area (Å²) in [5.74, 6) is 0.364. The maximum absolute atomic E-state index is 13.4. The van der Waals surface area contributed by atoms with Crippen LogP contribution in [0.25, 0.3) is 0 Å². The van der Waals surface area contributed by atoms with Crippen molar-refractivity contribution in [2.75, 3.05) is 19.7 Å². The van der Waals surface area contributed by atoms with E-state index < -0.39 is 0 Å². The first-order valence-electron chi connectivity index (χ1n) is 37.5. The van der Waals surface area contributed by atoms with E-state index in [1.165, 1.54) is 360 Å². The van der Waals surface area contributed by atoms with Crippen LogP contribution in [-0.4, -0.2) is 31.5 Å². The highest BCUT2D eigenvalue weighted by atomic mass is 16.5. The van der Waals surface area contributed by atoms with Gasteiger partial charge in [-0.15, -0.1) is 0 Å². The second-order valence-electron chi connectivity index (χ2n) is 25.9. The van der Waals surface area contributed by atoms with Crippen LogP contribution in [0.2, 0.25) is 0 Å². The molecule has 1 aromatic rings. The van der Waals surface area contributed by atoms with Crippen LogP contribution in [0.15, 0.2) is 18.2 Å². The average Bonchev–Trinajstić information content (AvgIpc) is 3.48. The molecule has 0 unspecified atom stereocenters. The zero-order valence-electron chi connectivity index (χ0n) is 55.4. The van der Waals surface area contributed by atoms with Gasteiger partial charge in [0.25, 0.3) is 11.8 Å². The van der Waals surface area contributed by atoms with Crippen molar-refractivity contribution in [1.29, 1.82) is 0 Å². The number of ether oxygens (including phenoxy) is 1. The van der Waals surface area contributed by atoms with E-state index in [1.54, 1.807) is 18.2 Å². The molecule has 0 saturated carbocycles. The quantitative estimate of drug-likeness (QED) is 0.0639. The molecule has 476 valence electrons. The Balaban J connectivity index is 2.07. The molecule has 0 atom stereocenters. The van der Waals surface area contributed by atoms with Crippen molar-refractivity contribution < 1.29 is 14.3 Å². The Kier molecular flexibility index (Phi) is 62.2. The van der Waals surface area contributed by atoms with Crippen LogP contribution in [-0.2, 0) is 0 Å². The summed E-state index contributed by atoms with van der Waals surface area (Å²) in [6.07, 6.45) is 85.4. The van der Waals surface area contributed by atoms with Gasteiger partial charge >= 0.3 is 0 Å². The molecule has 5 heteroatoms. The number of carbonyl (C=O) groups is 2.